The van der Waals surface area contributed by atoms with Crippen LogP contribution in [0.1, 0.15) is 11.1 Å². The molecule has 0 heterocycles. The van der Waals surface area contributed by atoms with Gasteiger partial charge in [-0.1, -0.05) is 65.8 Å². The lowest BCUT2D eigenvalue weighted by atomic mass is 9.83. The summed E-state index contributed by atoms with van der Waals surface area (Å²) in [5.41, 5.74) is 10.7. The third-order valence-corrected chi connectivity index (χ3v) is 4.80. The van der Waals surface area contributed by atoms with Crippen molar-refractivity contribution in [3.05, 3.63) is 82.2 Å². The molecule has 2 aromatic carbocycles. The molecule has 2 aromatic rings. The fourth-order valence-corrected chi connectivity index (χ4v) is 3.30. The van der Waals surface area contributed by atoms with Crippen LogP contribution in [0.2, 0.25) is 0 Å². The first kappa shape index (κ1) is 20.3. The number of aliphatic hydroxyl groups excluding tert-OH is 3. The Kier molecular flexibility index (Phi) is 7.00. The van der Waals surface area contributed by atoms with Crippen LogP contribution < -0.4 is 0 Å². The van der Waals surface area contributed by atoms with Crippen molar-refractivity contribution in [3.63, 3.8) is 0 Å². The summed E-state index contributed by atoms with van der Waals surface area (Å²) < 4.78 is 11.6. The van der Waals surface area contributed by atoms with Gasteiger partial charge >= 0.3 is 0 Å². The van der Waals surface area contributed by atoms with Crippen LogP contribution in [0, 0.1) is 0 Å². The highest BCUT2D eigenvalue weighted by molar-refractivity contribution is 5.15. The molecule has 3 N–H and O–H groups in total. The SMILES string of the molecule is [N-]=[N+]=NC1[C@@H](OCc2ccccc2)[C@H](O)C(O)[C@H](O)[C@H]1OCc1ccccc1. The van der Waals surface area contributed by atoms with Gasteiger partial charge in [0, 0.05) is 4.91 Å². The molecule has 0 amide bonds. The first-order valence-electron chi connectivity index (χ1n) is 9.01. The lowest BCUT2D eigenvalue weighted by molar-refractivity contribution is -0.213. The van der Waals surface area contributed by atoms with Crippen LogP contribution in [0.25, 0.3) is 10.4 Å². The van der Waals surface area contributed by atoms with E-state index in [1.165, 1.54) is 0 Å². The quantitative estimate of drug-likeness (QED) is 0.381. The largest absolute Gasteiger partial charge is 0.388 e. The lowest BCUT2D eigenvalue weighted by Crippen LogP contribution is -2.64. The Morgan fingerprint density at radius 3 is 1.57 bits per heavy atom. The molecule has 0 saturated heterocycles. The van der Waals surface area contributed by atoms with Gasteiger partial charge in [0.1, 0.15) is 18.3 Å². The molecule has 0 spiro atoms. The summed E-state index contributed by atoms with van der Waals surface area (Å²) in [5, 5.41) is 34.8. The highest BCUT2D eigenvalue weighted by Crippen LogP contribution is 2.30. The zero-order chi connectivity index (χ0) is 19.9. The van der Waals surface area contributed by atoms with Crippen molar-refractivity contribution in [1.82, 2.24) is 0 Å². The van der Waals surface area contributed by atoms with Gasteiger partial charge < -0.3 is 24.8 Å². The number of azide groups is 1. The van der Waals surface area contributed by atoms with Crippen molar-refractivity contribution in [2.75, 3.05) is 0 Å². The fourth-order valence-electron chi connectivity index (χ4n) is 3.30. The topological polar surface area (TPSA) is 128 Å². The van der Waals surface area contributed by atoms with Crippen LogP contribution in [0.3, 0.4) is 0 Å². The second-order valence-electron chi connectivity index (χ2n) is 6.69. The van der Waals surface area contributed by atoms with Gasteiger partial charge in [-0.3, -0.25) is 0 Å². The molecular weight excluding hydrogens is 362 g/mol. The third-order valence-electron chi connectivity index (χ3n) is 4.80. The Balaban J connectivity index is 1.77. The summed E-state index contributed by atoms with van der Waals surface area (Å²) in [6.07, 6.45) is -6.41. The van der Waals surface area contributed by atoms with Crippen molar-refractivity contribution in [2.45, 2.75) is 49.8 Å². The van der Waals surface area contributed by atoms with E-state index in [2.05, 4.69) is 10.0 Å². The van der Waals surface area contributed by atoms with Crippen LogP contribution in [-0.4, -0.2) is 51.9 Å². The van der Waals surface area contributed by atoms with E-state index < -0.39 is 36.6 Å². The van der Waals surface area contributed by atoms with Crippen molar-refractivity contribution in [1.29, 1.82) is 0 Å². The van der Waals surface area contributed by atoms with Gasteiger partial charge in [-0.25, -0.2) is 0 Å². The van der Waals surface area contributed by atoms with Crippen molar-refractivity contribution in [2.24, 2.45) is 5.11 Å². The van der Waals surface area contributed by atoms with Crippen LogP contribution >= 0.6 is 0 Å². The number of nitrogens with zero attached hydrogens (tertiary/aromatic N) is 3. The average molecular weight is 385 g/mol. The van der Waals surface area contributed by atoms with E-state index in [1.807, 2.05) is 60.7 Å². The van der Waals surface area contributed by atoms with Gasteiger partial charge in [0.05, 0.1) is 31.5 Å². The monoisotopic (exact) mass is 385 g/mol. The summed E-state index contributed by atoms with van der Waals surface area (Å²) in [5.74, 6) is 0. The molecule has 8 nitrogen and oxygen atoms in total. The molecule has 1 fully saturated rings. The second-order valence-corrected chi connectivity index (χ2v) is 6.69. The van der Waals surface area contributed by atoms with E-state index >= 15 is 0 Å². The Labute approximate surface area is 162 Å². The standard InChI is InChI=1S/C20H23N3O5/c21-23-22-15-19(27-11-13-7-3-1-4-8-13)17(25)16(24)18(26)20(15)28-12-14-9-5-2-6-10-14/h1-10,15-20,24-26H,11-12H2/t15?,16?,17-,18+,19-,20+. The highest BCUT2D eigenvalue weighted by atomic mass is 16.5. The Morgan fingerprint density at radius 2 is 1.18 bits per heavy atom. The van der Waals surface area contributed by atoms with E-state index in [0.29, 0.717) is 0 Å². The molecule has 8 heteroatoms. The summed E-state index contributed by atoms with van der Waals surface area (Å²) in [6, 6.07) is 17.6. The van der Waals surface area contributed by atoms with E-state index in [4.69, 9.17) is 15.0 Å². The molecule has 0 radical (unpaired) electrons. The van der Waals surface area contributed by atoms with Gasteiger partial charge in [0.25, 0.3) is 0 Å². The van der Waals surface area contributed by atoms with Gasteiger partial charge in [0.15, 0.2) is 0 Å². The maximum atomic E-state index is 10.4. The predicted octanol–water partition coefficient (Wildman–Crippen LogP) is 1.93. The number of aliphatic hydroxyl groups is 3. The Bertz CT molecular complexity index is 727. The molecule has 0 bridgehead atoms. The Hall–Kier alpha value is -2.45. The van der Waals surface area contributed by atoms with Crippen molar-refractivity contribution in [3.8, 4) is 0 Å². The van der Waals surface area contributed by atoms with Gasteiger partial charge in [-0.15, -0.1) is 0 Å². The zero-order valence-corrected chi connectivity index (χ0v) is 15.2. The smallest absolute Gasteiger partial charge is 0.111 e. The molecule has 1 aliphatic rings. The minimum absolute atomic E-state index is 0.147. The molecule has 3 rings (SSSR count). The fraction of sp³-hybridized carbons (Fsp3) is 0.400. The molecule has 6 atom stereocenters. The first-order chi connectivity index (χ1) is 13.6. The van der Waals surface area contributed by atoms with E-state index in [-0.39, 0.29) is 13.2 Å². The summed E-state index contributed by atoms with van der Waals surface area (Å²) >= 11 is 0. The highest BCUT2D eigenvalue weighted by Gasteiger charge is 2.50. The van der Waals surface area contributed by atoms with Crippen LogP contribution in [0.4, 0.5) is 0 Å². The van der Waals surface area contributed by atoms with Crippen LogP contribution in [-0.2, 0) is 22.7 Å². The molecular formula is C20H23N3O5. The van der Waals surface area contributed by atoms with Crippen LogP contribution in [0.15, 0.2) is 65.8 Å². The Morgan fingerprint density at radius 1 is 0.750 bits per heavy atom. The summed E-state index contributed by atoms with van der Waals surface area (Å²) in [7, 11) is 0. The predicted molar refractivity (Wildman–Crippen MR) is 101 cm³/mol. The molecule has 28 heavy (non-hydrogen) atoms. The van der Waals surface area contributed by atoms with E-state index in [1.54, 1.807) is 0 Å². The van der Waals surface area contributed by atoms with E-state index in [9.17, 15) is 15.3 Å². The number of ether oxygens (including phenoxy) is 2. The van der Waals surface area contributed by atoms with Gasteiger partial charge in [0.2, 0.25) is 0 Å². The lowest BCUT2D eigenvalue weighted by Gasteiger charge is -2.44. The number of hydrogen-bond donors (Lipinski definition) is 3. The first-order valence-corrected chi connectivity index (χ1v) is 9.01. The molecule has 2 unspecified atom stereocenters. The van der Waals surface area contributed by atoms with Crippen molar-refractivity contribution < 1.29 is 24.8 Å². The second kappa shape index (κ2) is 9.66. The van der Waals surface area contributed by atoms with Crippen LogP contribution in [0.5, 0.6) is 0 Å². The molecule has 1 saturated carbocycles. The third kappa shape index (κ3) is 4.69. The van der Waals surface area contributed by atoms with Gasteiger partial charge in [-0.2, -0.15) is 0 Å². The molecule has 148 valence electrons. The molecule has 0 aromatic heterocycles. The molecule has 0 aliphatic heterocycles. The maximum absolute atomic E-state index is 10.4. The summed E-state index contributed by atoms with van der Waals surface area (Å²) in [4.78, 5) is 2.82. The molecule has 1 aliphatic carbocycles. The summed E-state index contributed by atoms with van der Waals surface area (Å²) in [6.45, 7) is 0.294. The average Bonchev–Trinajstić information content (AvgIpc) is 2.73. The minimum Gasteiger partial charge on any atom is -0.388 e. The number of rotatable bonds is 7. The normalized spacial score (nSPS) is 29.8. The zero-order valence-electron chi connectivity index (χ0n) is 15.2. The van der Waals surface area contributed by atoms with E-state index in [0.717, 1.165) is 11.1 Å². The number of benzene rings is 2. The number of hydrogen-bond acceptors (Lipinski definition) is 6. The maximum Gasteiger partial charge on any atom is 0.111 e. The van der Waals surface area contributed by atoms with Crippen molar-refractivity contribution >= 4 is 0 Å². The van der Waals surface area contributed by atoms with Gasteiger partial charge in [-0.05, 0) is 16.7 Å². The minimum atomic E-state index is -1.49.